The standard InChI is InChI=1S/C11H16N2O4/c14-9-5-7(6-12-9)10(15)13-4-2-1-3-8(13)11(16)17/h7-8H,1-6H2,(H,12,14)(H,16,17)/t7?,8-/m0/s1. The van der Waals surface area contributed by atoms with Crippen LogP contribution < -0.4 is 5.32 Å². The number of nitrogens with one attached hydrogen (secondary N) is 1. The van der Waals surface area contributed by atoms with Crippen molar-refractivity contribution in [2.24, 2.45) is 5.92 Å². The summed E-state index contributed by atoms with van der Waals surface area (Å²) in [4.78, 5) is 35.7. The molecule has 0 spiro atoms. The van der Waals surface area contributed by atoms with Crippen LogP contribution in [-0.2, 0) is 14.4 Å². The van der Waals surface area contributed by atoms with Crippen LogP contribution in [0.4, 0.5) is 0 Å². The maximum absolute atomic E-state index is 12.1. The zero-order valence-electron chi connectivity index (χ0n) is 9.52. The van der Waals surface area contributed by atoms with Gasteiger partial charge < -0.3 is 15.3 Å². The lowest BCUT2D eigenvalue weighted by Gasteiger charge is -2.34. The van der Waals surface area contributed by atoms with Crippen LogP contribution in [-0.4, -0.2) is 46.9 Å². The summed E-state index contributed by atoms with van der Waals surface area (Å²) in [6.45, 7) is 0.820. The Labute approximate surface area is 99.0 Å². The van der Waals surface area contributed by atoms with Gasteiger partial charge in [-0.15, -0.1) is 0 Å². The van der Waals surface area contributed by atoms with Gasteiger partial charge in [0.05, 0.1) is 5.92 Å². The summed E-state index contributed by atoms with van der Waals surface area (Å²) in [5, 5.41) is 11.7. The van der Waals surface area contributed by atoms with Gasteiger partial charge in [0, 0.05) is 19.5 Å². The van der Waals surface area contributed by atoms with Crippen molar-refractivity contribution in [3.05, 3.63) is 0 Å². The smallest absolute Gasteiger partial charge is 0.326 e. The maximum atomic E-state index is 12.1. The zero-order chi connectivity index (χ0) is 12.4. The van der Waals surface area contributed by atoms with Crippen LogP contribution >= 0.6 is 0 Å². The number of carbonyl (C=O) groups is 3. The fourth-order valence-corrected chi connectivity index (χ4v) is 2.47. The number of hydrogen-bond acceptors (Lipinski definition) is 3. The first kappa shape index (κ1) is 11.9. The second-order valence-corrected chi connectivity index (χ2v) is 4.59. The van der Waals surface area contributed by atoms with Crippen molar-refractivity contribution in [2.45, 2.75) is 31.7 Å². The third-order valence-electron chi connectivity index (χ3n) is 3.40. The first-order chi connectivity index (χ1) is 8.09. The van der Waals surface area contributed by atoms with E-state index in [1.807, 2.05) is 0 Å². The molecule has 0 aromatic rings. The summed E-state index contributed by atoms with van der Waals surface area (Å²) in [7, 11) is 0. The lowest BCUT2D eigenvalue weighted by Crippen LogP contribution is -2.50. The molecule has 2 N–H and O–H groups in total. The highest BCUT2D eigenvalue weighted by molar-refractivity contribution is 5.91. The van der Waals surface area contributed by atoms with E-state index in [-0.39, 0.29) is 24.2 Å². The summed E-state index contributed by atoms with van der Waals surface area (Å²) in [5.41, 5.74) is 0. The molecule has 0 radical (unpaired) electrons. The average Bonchev–Trinajstić information content (AvgIpc) is 2.75. The molecule has 2 aliphatic rings. The second kappa shape index (κ2) is 4.73. The molecule has 0 bridgehead atoms. The van der Waals surface area contributed by atoms with Crippen molar-refractivity contribution in [3.63, 3.8) is 0 Å². The monoisotopic (exact) mass is 240 g/mol. The average molecular weight is 240 g/mol. The van der Waals surface area contributed by atoms with Crippen LogP contribution in [0.25, 0.3) is 0 Å². The van der Waals surface area contributed by atoms with Gasteiger partial charge in [0.25, 0.3) is 0 Å². The predicted octanol–water partition coefficient (Wildman–Crippen LogP) is -0.412. The highest BCUT2D eigenvalue weighted by atomic mass is 16.4. The minimum Gasteiger partial charge on any atom is -0.480 e. The van der Waals surface area contributed by atoms with Crippen molar-refractivity contribution in [3.8, 4) is 0 Å². The van der Waals surface area contributed by atoms with E-state index in [0.717, 1.165) is 12.8 Å². The first-order valence-corrected chi connectivity index (χ1v) is 5.89. The van der Waals surface area contributed by atoms with Crippen LogP contribution in [0.2, 0.25) is 0 Å². The molecule has 1 unspecified atom stereocenters. The molecule has 2 atom stereocenters. The number of carboxylic acid groups (broad SMARTS) is 1. The third kappa shape index (κ3) is 2.40. The third-order valence-corrected chi connectivity index (χ3v) is 3.40. The number of aliphatic carboxylic acids is 1. The summed E-state index contributed by atoms with van der Waals surface area (Å²) >= 11 is 0. The van der Waals surface area contributed by atoms with E-state index in [0.29, 0.717) is 19.5 Å². The van der Waals surface area contributed by atoms with Crippen molar-refractivity contribution in [2.75, 3.05) is 13.1 Å². The normalized spacial score (nSPS) is 28.9. The molecule has 2 saturated heterocycles. The Kier molecular flexibility index (Phi) is 3.31. The lowest BCUT2D eigenvalue weighted by atomic mass is 9.98. The van der Waals surface area contributed by atoms with Crippen LogP contribution in [0.3, 0.4) is 0 Å². The number of hydrogen-bond donors (Lipinski definition) is 2. The molecule has 0 aromatic carbocycles. The van der Waals surface area contributed by atoms with Crippen LogP contribution in [0.15, 0.2) is 0 Å². The molecule has 0 aromatic heterocycles. The van der Waals surface area contributed by atoms with Crippen LogP contribution in [0, 0.1) is 5.92 Å². The summed E-state index contributed by atoms with van der Waals surface area (Å²) in [6.07, 6.45) is 2.36. The fraction of sp³-hybridized carbons (Fsp3) is 0.727. The van der Waals surface area contributed by atoms with Crippen molar-refractivity contribution < 1.29 is 19.5 Å². The topological polar surface area (TPSA) is 86.7 Å². The van der Waals surface area contributed by atoms with E-state index in [1.165, 1.54) is 4.90 Å². The Balaban J connectivity index is 2.06. The highest BCUT2D eigenvalue weighted by Crippen LogP contribution is 2.22. The van der Waals surface area contributed by atoms with Gasteiger partial charge in [-0.05, 0) is 19.3 Å². The van der Waals surface area contributed by atoms with E-state index in [1.54, 1.807) is 0 Å². The zero-order valence-corrected chi connectivity index (χ0v) is 9.52. The Morgan fingerprint density at radius 1 is 1.35 bits per heavy atom. The number of nitrogens with zero attached hydrogens (tertiary/aromatic N) is 1. The van der Waals surface area contributed by atoms with Gasteiger partial charge in [-0.2, -0.15) is 0 Å². The molecular weight excluding hydrogens is 224 g/mol. The van der Waals surface area contributed by atoms with Gasteiger partial charge in [-0.1, -0.05) is 0 Å². The largest absolute Gasteiger partial charge is 0.480 e. The van der Waals surface area contributed by atoms with E-state index in [4.69, 9.17) is 5.11 Å². The second-order valence-electron chi connectivity index (χ2n) is 4.59. The van der Waals surface area contributed by atoms with Gasteiger partial charge >= 0.3 is 5.97 Å². The SMILES string of the molecule is O=C1CC(C(=O)N2CCCC[C@H]2C(=O)O)CN1. The van der Waals surface area contributed by atoms with E-state index >= 15 is 0 Å². The molecule has 2 rings (SSSR count). The first-order valence-electron chi connectivity index (χ1n) is 5.89. The van der Waals surface area contributed by atoms with Crippen molar-refractivity contribution in [1.82, 2.24) is 10.2 Å². The number of rotatable bonds is 2. The van der Waals surface area contributed by atoms with E-state index < -0.39 is 12.0 Å². The number of carbonyl (C=O) groups excluding carboxylic acids is 2. The molecule has 6 heteroatoms. The van der Waals surface area contributed by atoms with Crippen LogP contribution in [0.1, 0.15) is 25.7 Å². The molecule has 0 aliphatic carbocycles. The van der Waals surface area contributed by atoms with Gasteiger partial charge in [0.2, 0.25) is 11.8 Å². The van der Waals surface area contributed by atoms with Gasteiger partial charge in [-0.3, -0.25) is 9.59 Å². The van der Waals surface area contributed by atoms with E-state index in [2.05, 4.69) is 5.32 Å². The molecule has 2 amide bonds. The number of piperidine rings is 1. The van der Waals surface area contributed by atoms with E-state index in [9.17, 15) is 14.4 Å². The maximum Gasteiger partial charge on any atom is 0.326 e. The molecule has 2 aliphatic heterocycles. The summed E-state index contributed by atoms with van der Waals surface area (Å²) in [6, 6.07) is -0.716. The molecule has 94 valence electrons. The minimum atomic E-state index is -0.949. The van der Waals surface area contributed by atoms with Gasteiger partial charge in [0.15, 0.2) is 0 Å². The molecule has 2 heterocycles. The molecular formula is C11H16N2O4. The molecule has 6 nitrogen and oxygen atoms in total. The summed E-state index contributed by atoms with van der Waals surface area (Å²) < 4.78 is 0. The number of carboxylic acids is 1. The Bertz CT molecular complexity index is 355. The molecule has 0 saturated carbocycles. The Morgan fingerprint density at radius 3 is 2.71 bits per heavy atom. The summed E-state index contributed by atoms with van der Waals surface area (Å²) in [5.74, 6) is -1.67. The molecule has 2 fully saturated rings. The highest BCUT2D eigenvalue weighted by Gasteiger charge is 2.37. The van der Waals surface area contributed by atoms with Crippen molar-refractivity contribution in [1.29, 1.82) is 0 Å². The fourth-order valence-electron chi connectivity index (χ4n) is 2.47. The van der Waals surface area contributed by atoms with Crippen LogP contribution in [0.5, 0.6) is 0 Å². The van der Waals surface area contributed by atoms with Gasteiger partial charge in [0.1, 0.15) is 6.04 Å². The number of likely N-dealkylation sites (tertiary alicyclic amines) is 1. The van der Waals surface area contributed by atoms with Gasteiger partial charge in [-0.25, -0.2) is 4.79 Å². The van der Waals surface area contributed by atoms with Crippen molar-refractivity contribution >= 4 is 17.8 Å². The Hall–Kier alpha value is -1.59. The molecule has 17 heavy (non-hydrogen) atoms. The lowest BCUT2D eigenvalue weighted by molar-refractivity contribution is -0.153. The number of amides is 2. The Morgan fingerprint density at radius 2 is 2.12 bits per heavy atom. The quantitative estimate of drug-likeness (QED) is 0.687. The predicted molar refractivity (Wildman–Crippen MR) is 58.1 cm³/mol. The minimum absolute atomic E-state index is 0.132.